The number of nitrogens with two attached hydrogens (primary N) is 1. The number of hydrogen-bond acceptors (Lipinski definition) is 5. The number of nitrogens with zero attached hydrogens (tertiary/aromatic N) is 1. The second kappa shape index (κ2) is 11.3. The summed E-state index contributed by atoms with van der Waals surface area (Å²) in [6.07, 6.45) is 4.62. The number of rotatable bonds is 10. The van der Waals surface area contributed by atoms with E-state index in [4.69, 9.17) is 5.73 Å². The first-order valence-corrected chi connectivity index (χ1v) is 9.95. The molecule has 1 saturated heterocycles. The molecule has 154 valence electrons. The lowest BCUT2D eigenvalue weighted by atomic mass is 10.1. The van der Waals surface area contributed by atoms with Crippen LogP contribution in [0.5, 0.6) is 0 Å². The smallest absolute Gasteiger partial charge is 0.246 e. The summed E-state index contributed by atoms with van der Waals surface area (Å²) < 4.78 is 0. The SMILES string of the molecule is CCCCC(NC(=O)CNC(=O)CN)C(=O)Nc1cccc(N2CCCC2)c1. The number of amides is 3. The molecule has 0 bridgehead atoms. The van der Waals surface area contributed by atoms with Gasteiger partial charge in [0.25, 0.3) is 0 Å². The third-order valence-electron chi connectivity index (χ3n) is 4.71. The van der Waals surface area contributed by atoms with E-state index >= 15 is 0 Å². The van der Waals surface area contributed by atoms with Crippen molar-refractivity contribution in [2.75, 3.05) is 36.4 Å². The third kappa shape index (κ3) is 6.84. The topological polar surface area (TPSA) is 117 Å². The number of anilines is 2. The first-order valence-electron chi connectivity index (χ1n) is 9.95. The van der Waals surface area contributed by atoms with Crippen molar-refractivity contribution in [2.45, 2.75) is 45.1 Å². The molecular weight excluding hydrogens is 358 g/mol. The van der Waals surface area contributed by atoms with Gasteiger partial charge in [-0.15, -0.1) is 0 Å². The van der Waals surface area contributed by atoms with Gasteiger partial charge in [0, 0.05) is 24.5 Å². The molecule has 2 rings (SSSR count). The molecule has 0 radical (unpaired) electrons. The Labute approximate surface area is 166 Å². The van der Waals surface area contributed by atoms with Crippen LogP contribution in [0.2, 0.25) is 0 Å². The number of benzene rings is 1. The van der Waals surface area contributed by atoms with Crippen molar-refractivity contribution in [1.29, 1.82) is 0 Å². The monoisotopic (exact) mass is 389 g/mol. The molecule has 1 aliphatic heterocycles. The zero-order valence-corrected chi connectivity index (χ0v) is 16.5. The number of carbonyl (C=O) groups is 3. The average Bonchev–Trinajstić information content (AvgIpc) is 3.24. The molecule has 3 amide bonds. The molecule has 8 nitrogen and oxygen atoms in total. The number of carbonyl (C=O) groups excluding carboxylic acids is 3. The van der Waals surface area contributed by atoms with Crippen molar-refractivity contribution in [3.05, 3.63) is 24.3 Å². The molecule has 0 saturated carbocycles. The molecule has 0 spiro atoms. The van der Waals surface area contributed by atoms with Gasteiger partial charge in [-0.1, -0.05) is 25.8 Å². The van der Waals surface area contributed by atoms with Gasteiger partial charge in [0.15, 0.2) is 0 Å². The summed E-state index contributed by atoms with van der Waals surface area (Å²) in [4.78, 5) is 38.3. The summed E-state index contributed by atoms with van der Waals surface area (Å²) in [5.41, 5.74) is 7.01. The normalized spacial score (nSPS) is 14.4. The maximum atomic E-state index is 12.7. The molecule has 8 heteroatoms. The van der Waals surface area contributed by atoms with Gasteiger partial charge in [0.2, 0.25) is 17.7 Å². The van der Waals surface area contributed by atoms with E-state index in [1.165, 1.54) is 12.8 Å². The van der Waals surface area contributed by atoms with Gasteiger partial charge >= 0.3 is 0 Å². The highest BCUT2D eigenvalue weighted by atomic mass is 16.2. The summed E-state index contributed by atoms with van der Waals surface area (Å²) in [6, 6.07) is 7.11. The molecule has 1 aliphatic rings. The Balaban J connectivity index is 1.96. The average molecular weight is 390 g/mol. The summed E-state index contributed by atoms with van der Waals surface area (Å²) in [7, 11) is 0. The van der Waals surface area contributed by atoms with E-state index in [2.05, 4.69) is 20.9 Å². The van der Waals surface area contributed by atoms with E-state index < -0.39 is 17.9 Å². The Morgan fingerprint density at radius 1 is 1.18 bits per heavy atom. The summed E-state index contributed by atoms with van der Waals surface area (Å²) in [5, 5.41) is 8.02. The van der Waals surface area contributed by atoms with E-state index in [0.717, 1.165) is 31.6 Å². The largest absolute Gasteiger partial charge is 0.371 e. The predicted molar refractivity (Wildman–Crippen MR) is 110 cm³/mol. The molecule has 0 aliphatic carbocycles. The van der Waals surface area contributed by atoms with E-state index in [-0.39, 0.29) is 19.0 Å². The van der Waals surface area contributed by atoms with Gasteiger partial charge in [-0.2, -0.15) is 0 Å². The fraction of sp³-hybridized carbons (Fsp3) is 0.550. The van der Waals surface area contributed by atoms with Crippen molar-refractivity contribution in [3.63, 3.8) is 0 Å². The second-order valence-electron chi connectivity index (χ2n) is 6.98. The van der Waals surface area contributed by atoms with Crippen LogP contribution >= 0.6 is 0 Å². The number of unbranched alkanes of at least 4 members (excludes halogenated alkanes) is 1. The number of hydrogen-bond donors (Lipinski definition) is 4. The Bertz CT molecular complexity index is 674. The van der Waals surface area contributed by atoms with E-state index in [9.17, 15) is 14.4 Å². The van der Waals surface area contributed by atoms with Gasteiger partial charge in [-0.05, 0) is 37.5 Å². The van der Waals surface area contributed by atoms with Crippen molar-refractivity contribution in [2.24, 2.45) is 5.73 Å². The van der Waals surface area contributed by atoms with Crippen LogP contribution in [-0.2, 0) is 14.4 Å². The molecule has 1 fully saturated rings. The quantitative estimate of drug-likeness (QED) is 0.476. The maximum absolute atomic E-state index is 12.7. The van der Waals surface area contributed by atoms with Gasteiger partial charge in [0.05, 0.1) is 13.1 Å². The fourth-order valence-electron chi connectivity index (χ4n) is 3.16. The van der Waals surface area contributed by atoms with Crippen LogP contribution in [0.25, 0.3) is 0 Å². The molecule has 1 aromatic carbocycles. The lowest BCUT2D eigenvalue weighted by Crippen LogP contribution is -2.48. The lowest BCUT2D eigenvalue weighted by molar-refractivity contribution is -0.128. The fourth-order valence-corrected chi connectivity index (χ4v) is 3.16. The van der Waals surface area contributed by atoms with Gasteiger partial charge < -0.3 is 26.6 Å². The van der Waals surface area contributed by atoms with Crippen LogP contribution in [0.1, 0.15) is 39.0 Å². The van der Waals surface area contributed by atoms with Crippen LogP contribution in [0.15, 0.2) is 24.3 Å². The highest BCUT2D eigenvalue weighted by molar-refractivity contribution is 5.98. The molecule has 28 heavy (non-hydrogen) atoms. The highest BCUT2D eigenvalue weighted by Gasteiger charge is 2.21. The van der Waals surface area contributed by atoms with Crippen molar-refractivity contribution < 1.29 is 14.4 Å². The van der Waals surface area contributed by atoms with E-state index in [0.29, 0.717) is 12.1 Å². The summed E-state index contributed by atoms with van der Waals surface area (Å²) in [6.45, 7) is 3.71. The first-order chi connectivity index (χ1) is 13.5. The zero-order chi connectivity index (χ0) is 20.4. The molecule has 1 atom stereocenters. The summed E-state index contributed by atoms with van der Waals surface area (Å²) >= 11 is 0. The van der Waals surface area contributed by atoms with Crippen LogP contribution in [0, 0.1) is 0 Å². The second-order valence-corrected chi connectivity index (χ2v) is 6.98. The Kier molecular flexibility index (Phi) is 8.74. The minimum atomic E-state index is -0.655. The summed E-state index contributed by atoms with van der Waals surface area (Å²) in [5.74, 6) is -1.09. The van der Waals surface area contributed by atoms with Gasteiger partial charge in [-0.3, -0.25) is 14.4 Å². The van der Waals surface area contributed by atoms with Crippen molar-refractivity contribution >= 4 is 29.1 Å². The van der Waals surface area contributed by atoms with E-state index in [1.54, 1.807) is 0 Å². The number of nitrogens with one attached hydrogen (secondary N) is 3. The minimum Gasteiger partial charge on any atom is -0.371 e. The van der Waals surface area contributed by atoms with Gasteiger partial charge in [-0.25, -0.2) is 0 Å². The lowest BCUT2D eigenvalue weighted by Gasteiger charge is -2.21. The van der Waals surface area contributed by atoms with Crippen molar-refractivity contribution in [3.8, 4) is 0 Å². The molecule has 1 unspecified atom stereocenters. The Morgan fingerprint density at radius 3 is 2.61 bits per heavy atom. The predicted octanol–water partition coefficient (Wildman–Crippen LogP) is 0.975. The Morgan fingerprint density at radius 2 is 1.93 bits per heavy atom. The highest BCUT2D eigenvalue weighted by Crippen LogP contribution is 2.23. The molecule has 0 aromatic heterocycles. The van der Waals surface area contributed by atoms with Crippen LogP contribution in [0.3, 0.4) is 0 Å². The molecule has 1 aromatic rings. The minimum absolute atomic E-state index is 0.180. The first kappa shape index (κ1) is 21.7. The third-order valence-corrected chi connectivity index (χ3v) is 4.71. The van der Waals surface area contributed by atoms with Crippen LogP contribution in [0.4, 0.5) is 11.4 Å². The molecular formula is C20H31N5O3. The molecule has 1 heterocycles. The Hall–Kier alpha value is -2.61. The van der Waals surface area contributed by atoms with Gasteiger partial charge in [0.1, 0.15) is 6.04 Å². The zero-order valence-electron chi connectivity index (χ0n) is 16.5. The van der Waals surface area contributed by atoms with Crippen molar-refractivity contribution in [1.82, 2.24) is 10.6 Å². The molecule has 5 N–H and O–H groups in total. The standard InChI is InChI=1S/C20H31N5O3/c1-2-3-9-17(24-19(27)14-22-18(26)13-21)20(28)23-15-7-6-8-16(12-15)25-10-4-5-11-25/h6-8,12,17H,2-5,9-11,13-14,21H2,1H3,(H,22,26)(H,23,28)(H,24,27). The van der Waals surface area contributed by atoms with Crippen LogP contribution in [-0.4, -0.2) is 49.9 Å². The van der Waals surface area contributed by atoms with E-state index in [1.807, 2.05) is 31.2 Å². The van der Waals surface area contributed by atoms with Crippen LogP contribution < -0.4 is 26.6 Å². The maximum Gasteiger partial charge on any atom is 0.246 e.